The lowest BCUT2D eigenvalue weighted by atomic mass is 9.89. The van der Waals surface area contributed by atoms with Gasteiger partial charge in [-0.15, -0.1) is 0 Å². The molecule has 0 aliphatic heterocycles. The van der Waals surface area contributed by atoms with Crippen LogP contribution in [0.4, 0.5) is 0 Å². The summed E-state index contributed by atoms with van der Waals surface area (Å²) in [6, 6.07) is 4.81. The van der Waals surface area contributed by atoms with Crippen LogP contribution in [0, 0.1) is 5.92 Å². The quantitative estimate of drug-likeness (QED) is 0.412. The van der Waals surface area contributed by atoms with Crippen molar-refractivity contribution >= 4 is 28.5 Å². The minimum absolute atomic E-state index is 0.0663. The van der Waals surface area contributed by atoms with E-state index in [1.807, 2.05) is 0 Å². The Bertz CT molecular complexity index is 818. The van der Waals surface area contributed by atoms with Crippen molar-refractivity contribution in [1.29, 1.82) is 0 Å². The molecule has 1 aliphatic rings. The Hall–Kier alpha value is -1.81. The minimum Gasteiger partial charge on any atom is -0.425 e. The van der Waals surface area contributed by atoms with Crippen molar-refractivity contribution in [3.8, 4) is 5.75 Å². The average molecular weight is 363 g/mol. The highest BCUT2D eigenvalue weighted by Crippen LogP contribution is 2.33. The summed E-state index contributed by atoms with van der Waals surface area (Å²) in [7, 11) is 0. The Kier molecular flexibility index (Phi) is 5.79. The first kappa shape index (κ1) is 18.0. The number of rotatable bonds is 5. The van der Waals surface area contributed by atoms with E-state index in [1.165, 1.54) is 12.5 Å². The van der Waals surface area contributed by atoms with E-state index in [1.54, 1.807) is 12.1 Å². The van der Waals surface area contributed by atoms with Crippen molar-refractivity contribution in [2.75, 3.05) is 0 Å². The van der Waals surface area contributed by atoms with E-state index in [4.69, 9.17) is 20.8 Å². The fraction of sp³-hybridized carbons (Fsp3) is 0.500. The zero-order valence-corrected chi connectivity index (χ0v) is 15.2. The number of carbonyl (C=O) groups excluding carboxylic acids is 1. The van der Waals surface area contributed by atoms with Crippen LogP contribution in [0.1, 0.15) is 57.4 Å². The maximum Gasteiger partial charge on any atom is 0.336 e. The Balaban J connectivity index is 1.90. The van der Waals surface area contributed by atoms with Crippen LogP contribution in [0.25, 0.3) is 11.0 Å². The maximum atomic E-state index is 12.4. The topological polar surface area (TPSA) is 56.5 Å². The summed E-state index contributed by atoms with van der Waals surface area (Å²) in [5, 5.41) is 1.17. The number of carbonyl (C=O) groups is 1. The molecule has 25 heavy (non-hydrogen) atoms. The molecule has 0 saturated heterocycles. The number of fused-ring (bicyclic) bond motifs is 1. The van der Waals surface area contributed by atoms with Crippen molar-refractivity contribution in [2.24, 2.45) is 5.92 Å². The van der Waals surface area contributed by atoms with Gasteiger partial charge in [-0.3, -0.25) is 4.79 Å². The fourth-order valence-electron chi connectivity index (χ4n) is 3.41. The molecule has 1 aliphatic carbocycles. The van der Waals surface area contributed by atoms with Crippen LogP contribution in [0.2, 0.25) is 5.02 Å². The molecule has 1 saturated carbocycles. The van der Waals surface area contributed by atoms with E-state index in [0.29, 0.717) is 10.6 Å². The van der Waals surface area contributed by atoms with Crippen LogP contribution in [0.3, 0.4) is 0 Å². The predicted octanol–water partition coefficient (Wildman–Crippen LogP) is 5.27. The second kappa shape index (κ2) is 8.05. The number of benzene rings is 1. The molecule has 0 amide bonds. The maximum absolute atomic E-state index is 12.4. The Morgan fingerprint density at radius 3 is 2.72 bits per heavy atom. The summed E-state index contributed by atoms with van der Waals surface area (Å²) < 4.78 is 10.8. The molecular formula is C20H23ClO4. The molecule has 0 atom stereocenters. The smallest absolute Gasteiger partial charge is 0.336 e. The highest BCUT2D eigenvalue weighted by Gasteiger charge is 2.24. The molecule has 0 spiro atoms. The standard InChI is InChI=1S/C20H23ClO4/c1-2-3-7-14-10-19(22)24-17-12-18(16(21)11-15(14)17)25-20(23)13-8-5-4-6-9-13/h10-13H,2-9H2,1H3. The van der Waals surface area contributed by atoms with Crippen LogP contribution in [-0.4, -0.2) is 5.97 Å². The molecule has 134 valence electrons. The summed E-state index contributed by atoms with van der Waals surface area (Å²) in [6.45, 7) is 2.10. The monoisotopic (exact) mass is 362 g/mol. The number of ether oxygens (including phenoxy) is 1. The van der Waals surface area contributed by atoms with Gasteiger partial charge in [-0.1, -0.05) is 44.2 Å². The highest BCUT2D eigenvalue weighted by molar-refractivity contribution is 6.33. The van der Waals surface area contributed by atoms with Crippen LogP contribution in [-0.2, 0) is 11.2 Å². The van der Waals surface area contributed by atoms with E-state index in [2.05, 4.69) is 6.92 Å². The first-order valence-corrected chi connectivity index (χ1v) is 9.44. The normalized spacial score (nSPS) is 15.4. The van der Waals surface area contributed by atoms with Gasteiger partial charge in [0.15, 0.2) is 5.75 Å². The molecule has 2 aromatic rings. The molecule has 3 rings (SSSR count). The van der Waals surface area contributed by atoms with Gasteiger partial charge in [-0.25, -0.2) is 4.79 Å². The van der Waals surface area contributed by atoms with Gasteiger partial charge in [0, 0.05) is 17.5 Å². The Morgan fingerprint density at radius 1 is 1.24 bits per heavy atom. The third-order valence-corrected chi connectivity index (χ3v) is 5.13. The molecule has 0 radical (unpaired) electrons. The summed E-state index contributed by atoms with van der Waals surface area (Å²) in [5.41, 5.74) is 0.931. The highest BCUT2D eigenvalue weighted by atomic mass is 35.5. The summed E-state index contributed by atoms with van der Waals surface area (Å²) in [6.07, 6.45) is 7.81. The zero-order valence-electron chi connectivity index (χ0n) is 14.5. The summed E-state index contributed by atoms with van der Waals surface area (Å²) in [5.74, 6) is -0.0469. The molecule has 0 N–H and O–H groups in total. The number of hydrogen-bond donors (Lipinski definition) is 0. The van der Waals surface area contributed by atoms with Crippen molar-refractivity contribution in [2.45, 2.75) is 58.3 Å². The fourth-order valence-corrected chi connectivity index (χ4v) is 3.61. The van der Waals surface area contributed by atoms with Gasteiger partial charge < -0.3 is 9.15 Å². The summed E-state index contributed by atoms with van der Waals surface area (Å²) in [4.78, 5) is 24.2. The van der Waals surface area contributed by atoms with E-state index < -0.39 is 5.63 Å². The van der Waals surface area contributed by atoms with Crippen molar-refractivity contribution in [3.63, 3.8) is 0 Å². The molecule has 1 aromatic carbocycles. The number of aryl methyl sites for hydroxylation is 1. The van der Waals surface area contributed by atoms with Crippen LogP contribution in [0.15, 0.2) is 27.4 Å². The number of unbranched alkanes of at least 4 members (excludes halogenated alkanes) is 1. The van der Waals surface area contributed by atoms with Crippen molar-refractivity contribution in [1.82, 2.24) is 0 Å². The molecule has 0 bridgehead atoms. The van der Waals surface area contributed by atoms with Gasteiger partial charge in [0.1, 0.15) is 5.58 Å². The molecular weight excluding hydrogens is 340 g/mol. The van der Waals surface area contributed by atoms with Crippen molar-refractivity contribution < 1.29 is 13.9 Å². The van der Waals surface area contributed by atoms with Gasteiger partial charge >= 0.3 is 11.6 Å². The lowest BCUT2D eigenvalue weighted by molar-refractivity contribution is -0.139. The van der Waals surface area contributed by atoms with Gasteiger partial charge in [0.05, 0.1) is 10.9 Å². The minimum atomic E-state index is -0.398. The van der Waals surface area contributed by atoms with Crippen LogP contribution in [0.5, 0.6) is 5.75 Å². The zero-order chi connectivity index (χ0) is 17.8. The molecule has 1 aromatic heterocycles. The lowest BCUT2D eigenvalue weighted by Gasteiger charge is -2.20. The SMILES string of the molecule is CCCCc1cc(=O)oc2cc(OC(=O)C3CCCCC3)c(Cl)cc12. The first-order chi connectivity index (χ1) is 12.1. The third kappa shape index (κ3) is 4.24. The predicted molar refractivity (Wildman–Crippen MR) is 98.3 cm³/mol. The molecule has 4 nitrogen and oxygen atoms in total. The number of esters is 1. The van der Waals surface area contributed by atoms with Gasteiger partial charge in [0.2, 0.25) is 0 Å². The van der Waals surface area contributed by atoms with Crippen LogP contribution >= 0.6 is 11.6 Å². The second-order valence-corrected chi connectivity index (χ2v) is 7.14. The Morgan fingerprint density at radius 2 is 2.00 bits per heavy atom. The van der Waals surface area contributed by atoms with E-state index >= 15 is 0 Å². The van der Waals surface area contributed by atoms with Gasteiger partial charge in [0.25, 0.3) is 0 Å². The molecule has 1 heterocycles. The third-order valence-electron chi connectivity index (χ3n) is 4.83. The van der Waals surface area contributed by atoms with E-state index in [9.17, 15) is 9.59 Å². The first-order valence-electron chi connectivity index (χ1n) is 9.06. The number of halogens is 1. The lowest BCUT2D eigenvalue weighted by Crippen LogP contribution is -2.22. The van der Waals surface area contributed by atoms with Crippen molar-refractivity contribution in [3.05, 3.63) is 39.2 Å². The average Bonchev–Trinajstić information content (AvgIpc) is 2.61. The van der Waals surface area contributed by atoms with E-state index in [-0.39, 0.29) is 17.6 Å². The largest absolute Gasteiger partial charge is 0.425 e. The van der Waals surface area contributed by atoms with Gasteiger partial charge in [-0.05, 0) is 37.3 Å². The molecule has 5 heteroatoms. The number of hydrogen-bond acceptors (Lipinski definition) is 4. The summed E-state index contributed by atoms with van der Waals surface area (Å²) >= 11 is 6.34. The van der Waals surface area contributed by atoms with Crippen LogP contribution < -0.4 is 10.4 Å². The van der Waals surface area contributed by atoms with E-state index in [0.717, 1.165) is 55.9 Å². The second-order valence-electron chi connectivity index (χ2n) is 6.73. The van der Waals surface area contributed by atoms with Gasteiger partial charge in [-0.2, -0.15) is 0 Å². The molecule has 0 unspecified atom stereocenters. The Labute approximate surface area is 152 Å². The molecule has 1 fully saturated rings.